The minimum Gasteiger partial charge on any atom is -0.480 e. The molecule has 1 heterocycles. The fourth-order valence-corrected chi connectivity index (χ4v) is 2.10. The molecule has 1 rings (SSSR count). The average molecular weight is 283 g/mol. The van der Waals surface area contributed by atoms with Crippen LogP contribution in [0.5, 0.6) is 0 Å². The van der Waals surface area contributed by atoms with Crippen LogP contribution >= 0.6 is 0 Å². The number of carboxylic acids is 1. The van der Waals surface area contributed by atoms with Crippen molar-refractivity contribution in [2.75, 3.05) is 39.3 Å². The number of carboxylic acid groups (broad SMARTS) is 1. The van der Waals surface area contributed by atoms with E-state index in [0.29, 0.717) is 26.2 Å². The van der Waals surface area contributed by atoms with Gasteiger partial charge in [0.25, 0.3) is 0 Å². The van der Waals surface area contributed by atoms with Gasteiger partial charge in [0.1, 0.15) is 6.04 Å². The van der Waals surface area contributed by atoms with Gasteiger partial charge in [0.2, 0.25) is 0 Å². The Hall–Kier alpha value is -1.78. The Morgan fingerprint density at radius 3 is 2.65 bits per heavy atom. The molecule has 0 aromatic heterocycles. The number of nitrogens with zero attached hydrogens (tertiary/aromatic N) is 2. The Morgan fingerprint density at radius 1 is 1.30 bits per heavy atom. The van der Waals surface area contributed by atoms with E-state index in [1.54, 1.807) is 4.90 Å². The highest BCUT2D eigenvalue weighted by Crippen LogP contribution is 2.04. The van der Waals surface area contributed by atoms with Crippen LogP contribution in [0.2, 0.25) is 0 Å². The lowest BCUT2D eigenvalue weighted by atomic mass is 10.2. The number of amides is 2. The second-order valence-electron chi connectivity index (χ2n) is 4.65. The van der Waals surface area contributed by atoms with Gasteiger partial charge < -0.3 is 20.4 Å². The van der Waals surface area contributed by atoms with E-state index in [-0.39, 0.29) is 13.0 Å². The van der Waals surface area contributed by atoms with Crippen LogP contribution in [0.3, 0.4) is 0 Å². The highest BCUT2D eigenvalue weighted by atomic mass is 16.4. The molecule has 1 aliphatic heterocycles. The van der Waals surface area contributed by atoms with Crippen LogP contribution < -0.4 is 5.32 Å². The van der Waals surface area contributed by atoms with Crippen molar-refractivity contribution in [2.24, 2.45) is 0 Å². The van der Waals surface area contributed by atoms with Crippen molar-refractivity contribution < 1.29 is 19.8 Å². The summed E-state index contributed by atoms with van der Waals surface area (Å²) in [4.78, 5) is 26.6. The van der Waals surface area contributed by atoms with Crippen LogP contribution in [-0.4, -0.2) is 77.4 Å². The molecule has 0 bridgehead atoms. The van der Waals surface area contributed by atoms with Crippen molar-refractivity contribution in [3.8, 4) is 12.3 Å². The first kappa shape index (κ1) is 16.3. The van der Waals surface area contributed by atoms with Crippen LogP contribution in [0, 0.1) is 12.3 Å². The second-order valence-corrected chi connectivity index (χ2v) is 4.65. The first-order valence-electron chi connectivity index (χ1n) is 6.63. The van der Waals surface area contributed by atoms with E-state index in [0.717, 1.165) is 13.0 Å². The molecule has 1 saturated heterocycles. The Bertz CT molecular complexity index is 380. The number of β-amino-alcohol motifs (C(OH)–C–C–N with tert-alkyl or cyclic N) is 1. The summed E-state index contributed by atoms with van der Waals surface area (Å²) < 4.78 is 0. The van der Waals surface area contributed by atoms with Crippen molar-refractivity contribution >= 4 is 12.0 Å². The van der Waals surface area contributed by atoms with Gasteiger partial charge in [0, 0.05) is 32.6 Å². The SMILES string of the molecule is C#CCC(NC(=O)N1CCCN(CCO)CC1)C(=O)O. The molecule has 1 aliphatic rings. The number of aliphatic carboxylic acids is 1. The normalized spacial score (nSPS) is 17.9. The van der Waals surface area contributed by atoms with E-state index in [2.05, 4.69) is 16.1 Å². The maximum atomic E-state index is 12.0. The smallest absolute Gasteiger partial charge is 0.327 e. The number of rotatable bonds is 5. The molecular formula is C13H21N3O4. The molecule has 2 amide bonds. The number of carbonyl (C=O) groups excluding carboxylic acids is 1. The summed E-state index contributed by atoms with van der Waals surface area (Å²) in [6, 6.07) is -1.46. The van der Waals surface area contributed by atoms with Crippen LogP contribution in [0.1, 0.15) is 12.8 Å². The number of urea groups is 1. The van der Waals surface area contributed by atoms with E-state index in [1.165, 1.54) is 0 Å². The highest BCUT2D eigenvalue weighted by molar-refractivity contribution is 5.82. The van der Waals surface area contributed by atoms with Crippen molar-refractivity contribution in [3.63, 3.8) is 0 Å². The molecule has 1 unspecified atom stereocenters. The molecule has 1 atom stereocenters. The molecule has 20 heavy (non-hydrogen) atoms. The lowest BCUT2D eigenvalue weighted by Crippen LogP contribution is -2.48. The zero-order chi connectivity index (χ0) is 15.0. The summed E-state index contributed by atoms with van der Waals surface area (Å²) in [5.74, 6) is 1.11. The minimum atomic E-state index is -1.13. The van der Waals surface area contributed by atoms with E-state index in [9.17, 15) is 9.59 Å². The van der Waals surface area contributed by atoms with Gasteiger partial charge in [-0.15, -0.1) is 12.3 Å². The molecular weight excluding hydrogens is 262 g/mol. The summed E-state index contributed by atoms with van der Waals surface area (Å²) in [6.07, 6.45) is 5.85. The molecule has 0 aromatic rings. The largest absolute Gasteiger partial charge is 0.480 e. The van der Waals surface area contributed by atoms with Crippen molar-refractivity contribution in [2.45, 2.75) is 18.9 Å². The Balaban J connectivity index is 2.50. The van der Waals surface area contributed by atoms with Gasteiger partial charge >= 0.3 is 12.0 Å². The van der Waals surface area contributed by atoms with Crippen LogP contribution in [0.15, 0.2) is 0 Å². The molecule has 0 aromatic carbocycles. The zero-order valence-electron chi connectivity index (χ0n) is 11.4. The maximum absolute atomic E-state index is 12.0. The first-order chi connectivity index (χ1) is 9.58. The summed E-state index contributed by atoms with van der Waals surface area (Å²) in [5, 5.41) is 20.3. The molecule has 1 fully saturated rings. The molecule has 0 spiro atoms. The van der Waals surface area contributed by atoms with Crippen LogP contribution in [0.4, 0.5) is 4.79 Å². The molecule has 7 heteroatoms. The first-order valence-corrected chi connectivity index (χ1v) is 6.63. The second kappa shape index (κ2) is 8.40. The minimum absolute atomic E-state index is 0.0362. The quantitative estimate of drug-likeness (QED) is 0.573. The molecule has 112 valence electrons. The predicted molar refractivity (Wildman–Crippen MR) is 73.1 cm³/mol. The third kappa shape index (κ3) is 5.07. The number of aliphatic hydroxyl groups is 1. The third-order valence-corrected chi connectivity index (χ3v) is 3.21. The number of carbonyl (C=O) groups is 2. The number of terminal acetylenes is 1. The summed E-state index contributed by atoms with van der Waals surface area (Å²) in [7, 11) is 0. The number of nitrogens with one attached hydrogen (secondary N) is 1. The molecule has 0 saturated carbocycles. The third-order valence-electron chi connectivity index (χ3n) is 3.21. The fraction of sp³-hybridized carbons (Fsp3) is 0.692. The Labute approximate surface area is 118 Å². The summed E-state index contributed by atoms with van der Waals surface area (Å²) >= 11 is 0. The van der Waals surface area contributed by atoms with E-state index >= 15 is 0 Å². The topological polar surface area (TPSA) is 93.1 Å². The monoisotopic (exact) mass is 283 g/mol. The number of hydrogen-bond donors (Lipinski definition) is 3. The van der Waals surface area contributed by atoms with Gasteiger partial charge in [-0.3, -0.25) is 4.90 Å². The predicted octanol–water partition coefficient (Wildman–Crippen LogP) is -0.827. The molecule has 0 radical (unpaired) electrons. The highest BCUT2D eigenvalue weighted by Gasteiger charge is 2.24. The molecule has 7 nitrogen and oxygen atoms in total. The van der Waals surface area contributed by atoms with Crippen LogP contribution in [-0.2, 0) is 4.79 Å². The summed E-state index contributed by atoms with van der Waals surface area (Å²) in [5.41, 5.74) is 0. The van der Waals surface area contributed by atoms with Gasteiger partial charge in [-0.25, -0.2) is 9.59 Å². The van der Waals surface area contributed by atoms with Gasteiger partial charge in [-0.2, -0.15) is 0 Å². The van der Waals surface area contributed by atoms with Gasteiger partial charge in [-0.05, 0) is 13.0 Å². The summed E-state index contributed by atoms with van der Waals surface area (Å²) in [6.45, 7) is 3.24. The number of aliphatic hydroxyl groups excluding tert-OH is 1. The maximum Gasteiger partial charge on any atom is 0.327 e. The van der Waals surface area contributed by atoms with Crippen molar-refractivity contribution in [1.82, 2.24) is 15.1 Å². The molecule has 3 N–H and O–H groups in total. The average Bonchev–Trinajstić information content (AvgIpc) is 2.64. The Kier molecular flexibility index (Phi) is 6.84. The van der Waals surface area contributed by atoms with Crippen molar-refractivity contribution in [3.05, 3.63) is 0 Å². The fourth-order valence-electron chi connectivity index (χ4n) is 2.10. The Morgan fingerprint density at radius 2 is 2.05 bits per heavy atom. The van der Waals surface area contributed by atoms with E-state index < -0.39 is 18.0 Å². The molecule has 0 aliphatic carbocycles. The lowest BCUT2D eigenvalue weighted by molar-refractivity contribution is -0.139. The lowest BCUT2D eigenvalue weighted by Gasteiger charge is -2.23. The number of hydrogen-bond acceptors (Lipinski definition) is 4. The van der Waals surface area contributed by atoms with Crippen molar-refractivity contribution in [1.29, 1.82) is 0 Å². The zero-order valence-corrected chi connectivity index (χ0v) is 11.4. The van der Waals surface area contributed by atoms with E-state index in [1.807, 2.05) is 0 Å². The van der Waals surface area contributed by atoms with Gasteiger partial charge in [0.05, 0.1) is 6.61 Å². The van der Waals surface area contributed by atoms with Gasteiger partial charge in [-0.1, -0.05) is 0 Å². The van der Waals surface area contributed by atoms with Crippen LogP contribution in [0.25, 0.3) is 0 Å². The van der Waals surface area contributed by atoms with E-state index in [4.69, 9.17) is 16.6 Å². The standard InChI is InChI=1S/C13H21N3O4/c1-2-4-11(12(18)19)14-13(20)16-6-3-5-15(7-8-16)9-10-17/h1,11,17H,3-10H2,(H,14,20)(H,18,19). The van der Waals surface area contributed by atoms with Gasteiger partial charge in [0.15, 0.2) is 0 Å².